The summed E-state index contributed by atoms with van der Waals surface area (Å²) < 4.78 is 25.5. The van der Waals surface area contributed by atoms with Crippen LogP contribution in [0.5, 0.6) is 11.5 Å². The number of benzene rings is 2. The summed E-state index contributed by atoms with van der Waals surface area (Å²) in [6, 6.07) is 15.6. The maximum atomic E-state index is 14.1. The highest BCUT2D eigenvalue weighted by atomic mass is 19.1. The molecule has 0 aliphatic rings. The van der Waals surface area contributed by atoms with Crippen LogP contribution in [0.1, 0.15) is 71.6 Å². The molecule has 2 aromatic carbocycles. The third-order valence-electron chi connectivity index (χ3n) is 6.02. The van der Waals surface area contributed by atoms with Gasteiger partial charge in [0.25, 0.3) is 0 Å². The molecule has 0 amide bonds. The number of ether oxygens (including phenoxy) is 2. The van der Waals surface area contributed by atoms with Crippen LogP contribution in [0.15, 0.2) is 60.9 Å². The Morgan fingerprint density at radius 1 is 0.657 bits per heavy atom. The van der Waals surface area contributed by atoms with E-state index in [0.717, 1.165) is 48.3 Å². The fraction of sp³-hybridized carbons (Fsp3) is 0.467. The lowest BCUT2D eigenvalue weighted by Crippen LogP contribution is -2.12. The molecule has 1 unspecified atom stereocenters. The predicted molar refractivity (Wildman–Crippen MR) is 142 cm³/mol. The molecule has 0 N–H and O–H groups in total. The molecule has 0 spiro atoms. The molecule has 3 aromatic rings. The quantitative estimate of drug-likeness (QED) is 0.194. The van der Waals surface area contributed by atoms with Gasteiger partial charge in [-0.15, -0.1) is 0 Å². The first kappa shape index (κ1) is 26.7. The highest BCUT2D eigenvalue weighted by Crippen LogP contribution is 2.24. The lowest BCUT2D eigenvalue weighted by Gasteiger charge is -2.11. The van der Waals surface area contributed by atoms with E-state index in [1.807, 2.05) is 60.9 Å². The number of hydrogen-bond acceptors (Lipinski definition) is 4. The average molecular weight is 479 g/mol. The summed E-state index contributed by atoms with van der Waals surface area (Å²) in [6.45, 7) is 5.22. The normalized spacial score (nSPS) is 11.9. The van der Waals surface area contributed by atoms with Crippen molar-refractivity contribution in [2.24, 2.45) is 0 Å². The summed E-state index contributed by atoms with van der Waals surface area (Å²) in [5.41, 5.74) is 2.90. The molecular weight excluding hydrogens is 439 g/mol. The molecule has 0 aliphatic carbocycles. The first-order valence-corrected chi connectivity index (χ1v) is 13.1. The van der Waals surface area contributed by atoms with Crippen LogP contribution in [0, 0.1) is 0 Å². The summed E-state index contributed by atoms with van der Waals surface area (Å²) in [5, 5.41) is 0. The van der Waals surface area contributed by atoms with Crippen molar-refractivity contribution >= 4 is 0 Å². The minimum absolute atomic E-state index is 0.0981. The second kappa shape index (κ2) is 15.1. The molecule has 5 heteroatoms. The van der Waals surface area contributed by atoms with Crippen LogP contribution in [-0.4, -0.2) is 29.4 Å². The van der Waals surface area contributed by atoms with Crippen molar-refractivity contribution in [1.82, 2.24) is 9.97 Å². The molecule has 0 bridgehead atoms. The van der Waals surface area contributed by atoms with Crippen molar-refractivity contribution < 1.29 is 13.9 Å². The van der Waals surface area contributed by atoms with Crippen LogP contribution in [0.25, 0.3) is 22.5 Å². The van der Waals surface area contributed by atoms with Crippen molar-refractivity contribution in [1.29, 1.82) is 0 Å². The van der Waals surface area contributed by atoms with Gasteiger partial charge in [0.05, 0.1) is 6.61 Å². The summed E-state index contributed by atoms with van der Waals surface area (Å²) in [6.07, 6.45) is 12.4. The Bertz CT molecular complexity index is 959. The van der Waals surface area contributed by atoms with Gasteiger partial charge in [-0.1, -0.05) is 70.9 Å². The average Bonchev–Trinajstić information content (AvgIpc) is 2.91. The van der Waals surface area contributed by atoms with E-state index < -0.39 is 6.17 Å². The first-order chi connectivity index (χ1) is 17.2. The number of hydrogen-bond donors (Lipinski definition) is 0. The highest BCUT2D eigenvalue weighted by molar-refractivity contribution is 5.64. The van der Waals surface area contributed by atoms with E-state index in [2.05, 4.69) is 23.8 Å². The van der Waals surface area contributed by atoms with Crippen molar-refractivity contribution in [3.63, 3.8) is 0 Å². The largest absolute Gasteiger partial charge is 0.494 e. The van der Waals surface area contributed by atoms with Gasteiger partial charge in [0.15, 0.2) is 5.82 Å². The van der Waals surface area contributed by atoms with Gasteiger partial charge in [0.1, 0.15) is 24.3 Å². The van der Waals surface area contributed by atoms with Crippen molar-refractivity contribution in [2.45, 2.75) is 77.8 Å². The third-order valence-corrected chi connectivity index (χ3v) is 6.02. The van der Waals surface area contributed by atoms with Crippen molar-refractivity contribution in [2.75, 3.05) is 13.2 Å². The predicted octanol–water partition coefficient (Wildman–Crippen LogP) is 8.46. The third kappa shape index (κ3) is 9.31. The van der Waals surface area contributed by atoms with Crippen molar-refractivity contribution in [3.8, 4) is 34.0 Å². The van der Waals surface area contributed by atoms with Gasteiger partial charge in [-0.05, 0) is 54.8 Å². The van der Waals surface area contributed by atoms with Gasteiger partial charge in [0, 0.05) is 23.5 Å². The molecule has 4 nitrogen and oxygen atoms in total. The Hall–Kier alpha value is -2.95. The molecule has 1 aromatic heterocycles. The molecule has 0 fully saturated rings. The molecule has 0 aliphatic heterocycles. The lowest BCUT2D eigenvalue weighted by molar-refractivity contribution is 0.184. The summed E-state index contributed by atoms with van der Waals surface area (Å²) in [4.78, 5) is 9.07. The number of rotatable bonds is 16. The Morgan fingerprint density at radius 3 is 1.89 bits per heavy atom. The van der Waals surface area contributed by atoms with E-state index in [1.165, 1.54) is 32.1 Å². The fourth-order valence-electron chi connectivity index (χ4n) is 3.85. The van der Waals surface area contributed by atoms with E-state index >= 15 is 0 Å². The SMILES string of the molecule is CCCCCCCC(F)COc1ccc(-c2ncc(-c3ccc(OCCCCC)cc3)cn2)cc1. The maximum absolute atomic E-state index is 14.1. The zero-order valence-corrected chi connectivity index (χ0v) is 21.2. The summed E-state index contributed by atoms with van der Waals surface area (Å²) >= 11 is 0. The van der Waals surface area contributed by atoms with Crippen LogP contribution in [0.4, 0.5) is 4.39 Å². The molecule has 35 heavy (non-hydrogen) atoms. The second-order valence-electron chi connectivity index (χ2n) is 9.01. The Morgan fingerprint density at radius 2 is 1.23 bits per heavy atom. The molecule has 0 saturated carbocycles. The molecule has 1 atom stereocenters. The fourth-order valence-corrected chi connectivity index (χ4v) is 3.85. The number of alkyl halides is 1. The molecule has 0 saturated heterocycles. The number of aromatic nitrogens is 2. The summed E-state index contributed by atoms with van der Waals surface area (Å²) in [7, 11) is 0. The van der Waals surface area contributed by atoms with Gasteiger partial charge >= 0.3 is 0 Å². The van der Waals surface area contributed by atoms with E-state index in [1.54, 1.807) is 0 Å². The first-order valence-electron chi connectivity index (χ1n) is 13.1. The van der Waals surface area contributed by atoms with E-state index in [0.29, 0.717) is 18.0 Å². The van der Waals surface area contributed by atoms with Crippen molar-refractivity contribution in [3.05, 3.63) is 60.9 Å². The van der Waals surface area contributed by atoms with Crippen LogP contribution in [-0.2, 0) is 0 Å². The number of unbranched alkanes of at least 4 members (excludes halogenated alkanes) is 6. The van der Waals surface area contributed by atoms with Gasteiger partial charge in [-0.3, -0.25) is 0 Å². The monoisotopic (exact) mass is 478 g/mol. The summed E-state index contributed by atoms with van der Waals surface area (Å²) in [5.74, 6) is 2.19. The maximum Gasteiger partial charge on any atom is 0.159 e. The highest BCUT2D eigenvalue weighted by Gasteiger charge is 2.09. The topological polar surface area (TPSA) is 44.2 Å². The zero-order valence-electron chi connectivity index (χ0n) is 21.2. The minimum Gasteiger partial charge on any atom is -0.494 e. The molecule has 1 heterocycles. The van der Waals surface area contributed by atoms with Gasteiger partial charge < -0.3 is 9.47 Å². The Labute approximate surface area is 209 Å². The second-order valence-corrected chi connectivity index (χ2v) is 9.01. The zero-order chi connectivity index (χ0) is 24.7. The molecule has 3 rings (SSSR count). The lowest BCUT2D eigenvalue weighted by atomic mass is 10.1. The van der Waals surface area contributed by atoms with Gasteiger partial charge in [-0.25, -0.2) is 14.4 Å². The Kier molecular flexibility index (Phi) is 11.5. The van der Waals surface area contributed by atoms with Gasteiger partial charge in [-0.2, -0.15) is 0 Å². The standard InChI is InChI=1S/C30H39FN2O2/c1-3-5-7-8-9-11-27(31)23-35-29-18-14-25(15-19-29)30-32-21-26(22-33-30)24-12-16-28(17-13-24)34-20-10-6-4-2/h12-19,21-22,27H,3-11,20,23H2,1-2H3. The van der Waals surface area contributed by atoms with Crippen LogP contribution >= 0.6 is 0 Å². The van der Waals surface area contributed by atoms with Gasteiger partial charge in [0.2, 0.25) is 0 Å². The molecule has 0 radical (unpaired) electrons. The van der Waals surface area contributed by atoms with E-state index in [4.69, 9.17) is 9.47 Å². The number of nitrogens with zero attached hydrogens (tertiary/aromatic N) is 2. The van der Waals surface area contributed by atoms with Crippen LogP contribution < -0.4 is 9.47 Å². The Balaban J connectivity index is 1.47. The smallest absolute Gasteiger partial charge is 0.159 e. The van der Waals surface area contributed by atoms with E-state index in [-0.39, 0.29) is 6.61 Å². The van der Waals surface area contributed by atoms with Crippen LogP contribution in [0.3, 0.4) is 0 Å². The van der Waals surface area contributed by atoms with E-state index in [9.17, 15) is 4.39 Å². The number of halogens is 1. The van der Waals surface area contributed by atoms with Crippen LogP contribution in [0.2, 0.25) is 0 Å². The minimum atomic E-state index is -0.922. The molecule has 188 valence electrons. The molecular formula is C30H39FN2O2.